The van der Waals surface area contributed by atoms with E-state index in [0.717, 1.165) is 0 Å². The van der Waals surface area contributed by atoms with E-state index in [1.807, 2.05) is 0 Å². The molecule has 5 heteroatoms. The molecule has 0 saturated heterocycles. The quantitative estimate of drug-likeness (QED) is 0.674. The van der Waals surface area contributed by atoms with Crippen molar-refractivity contribution in [1.29, 1.82) is 0 Å². The Labute approximate surface area is 65.1 Å². The Kier molecular flexibility index (Phi) is 8.02. The number of carbonyl (C=O) groups is 1. The largest absolute Gasteiger partial charge is 0.346 e. The second kappa shape index (κ2) is 6.13. The predicted molar refractivity (Wildman–Crippen MR) is 37.5 cm³/mol. The highest BCUT2D eigenvalue weighted by molar-refractivity contribution is 6.13. The van der Waals surface area contributed by atoms with E-state index in [4.69, 9.17) is 17.6 Å². The standard InChI is InChI=1S/C4H8ClNO2.ClH/c1-2-3(6)4(7)8-5;/h3H,2,6H2,1H3;1H/t3-;/m1./s1. The third-order valence-corrected chi connectivity index (χ3v) is 0.971. The number of nitrogens with two attached hydrogens (primary N) is 1. The molecule has 0 bridgehead atoms. The van der Waals surface area contributed by atoms with Crippen molar-refractivity contribution in [2.45, 2.75) is 19.4 Å². The van der Waals surface area contributed by atoms with E-state index in [-0.39, 0.29) is 12.4 Å². The average Bonchev–Trinajstić information content (AvgIpc) is 1.84. The van der Waals surface area contributed by atoms with Crippen molar-refractivity contribution in [3.63, 3.8) is 0 Å². The van der Waals surface area contributed by atoms with Crippen LogP contribution in [0.3, 0.4) is 0 Å². The summed E-state index contributed by atoms with van der Waals surface area (Å²) >= 11 is 4.70. The lowest BCUT2D eigenvalue weighted by Crippen LogP contribution is -2.29. The molecule has 0 radical (unpaired) electrons. The Morgan fingerprint density at radius 3 is 2.44 bits per heavy atom. The maximum atomic E-state index is 10.3. The molecule has 0 saturated carbocycles. The summed E-state index contributed by atoms with van der Waals surface area (Å²) in [5, 5.41) is 0. The molecular weight excluding hydrogens is 165 g/mol. The lowest BCUT2D eigenvalue weighted by atomic mass is 10.2. The van der Waals surface area contributed by atoms with Crippen molar-refractivity contribution in [2.24, 2.45) is 5.73 Å². The molecule has 0 aromatic carbocycles. The summed E-state index contributed by atoms with van der Waals surface area (Å²) in [6.45, 7) is 1.78. The van der Waals surface area contributed by atoms with Crippen LogP contribution in [0.4, 0.5) is 0 Å². The van der Waals surface area contributed by atoms with Gasteiger partial charge in [0, 0.05) is 0 Å². The molecule has 2 N–H and O–H groups in total. The Bertz CT molecular complexity index is 88.6. The number of halogens is 2. The molecule has 0 aliphatic rings. The molecule has 0 rings (SSSR count). The molecule has 9 heavy (non-hydrogen) atoms. The zero-order valence-electron chi connectivity index (χ0n) is 4.96. The molecule has 0 heterocycles. The molecule has 0 amide bonds. The molecule has 1 atom stereocenters. The van der Waals surface area contributed by atoms with Gasteiger partial charge in [0.05, 0.1) is 0 Å². The molecule has 0 unspecified atom stereocenters. The second-order valence-corrected chi connectivity index (χ2v) is 1.57. The van der Waals surface area contributed by atoms with Gasteiger partial charge in [-0.25, -0.2) is 4.79 Å². The van der Waals surface area contributed by atoms with E-state index in [1.165, 1.54) is 0 Å². The van der Waals surface area contributed by atoms with Crippen molar-refractivity contribution in [1.82, 2.24) is 0 Å². The Balaban J connectivity index is 0. The molecule has 0 spiro atoms. The van der Waals surface area contributed by atoms with Gasteiger partial charge in [-0.2, -0.15) is 0 Å². The summed E-state index contributed by atoms with van der Waals surface area (Å²) in [5.74, 6) is -0.575. The lowest BCUT2D eigenvalue weighted by Gasteiger charge is -2.00. The van der Waals surface area contributed by atoms with E-state index >= 15 is 0 Å². The molecule has 0 aliphatic carbocycles. The summed E-state index contributed by atoms with van der Waals surface area (Å²) < 4.78 is 3.81. The number of hydrogen-bond acceptors (Lipinski definition) is 3. The molecule has 3 nitrogen and oxygen atoms in total. The minimum atomic E-state index is -0.576. The SMILES string of the molecule is CC[C@@H](N)C(=O)OCl.Cl. The fraction of sp³-hybridized carbons (Fsp3) is 0.750. The van der Waals surface area contributed by atoms with Gasteiger partial charge in [0.2, 0.25) is 0 Å². The van der Waals surface area contributed by atoms with Crippen LogP contribution in [0, 0.1) is 0 Å². The zero-order chi connectivity index (χ0) is 6.57. The van der Waals surface area contributed by atoms with E-state index in [0.29, 0.717) is 6.42 Å². The topological polar surface area (TPSA) is 52.3 Å². The number of carbonyl (C=O) groups excluding carboxylic acids is 1. The van der Waals surface area contributed by atoms with E-state index in [9.17, 15) is 4.79 Å². The summed E-state index contributed by atoms with van der Waals surface area (Å²) in [6, 6.07) is -0.576. The third kappa shape index (κ3) is 4.51. The highest BCUT2D eigenvalue weighted by Crippen LogP contribution is 1.91. The van der Waals surface area contributed by atoms with Crippen molar-refractivity contribution >= 4 is 30.2 Å². The van der Waals surface area contributed by atoms with Crippen LogP contribution in [-0.4, -0.2) is 12.0 Å². The fourth-order valence-corrected chi connectivity index (χ4v) is 0.338. The van der Waals surface area contributed by atoms with Gasteiger partial charge in [0.15, 0.2) is 0 Å². The van der Waals surface area contributed by atoms with E-state index in [1.54, 1.807) is 6.92 Å². The first-order valence-electron chi connectivity index (χ1n) is 2.30. The molecule has 0 aromatic heterocycles. The van der Waals surface area contributed by atoms with Gasteiger partial charge in [-0.15, -0.1) is 12.4 Å². The van der Waals surface area contributed by atoms with Crippen LogP contribution >= 0.6 is 24.3 Å². The maximum absolute atomic E-state index is 10.3. The first-order valence-corrected chi connectivity index (χ1v) is 2.61. The average molecular weight is 174 g/mol. The third-order valence-electron chi connectivity index (χ3n) is 0.819. The van der Waals surface area contributed by atoms with Gasteiger partial charge in [-0.1, -0.05) is 6.92 Å². The Morgan fingerprint density at radius 1 is 1.89 bits per heavy atom. The highest BCUT2D eigenvalue weighted by atomic mass is 35.5. The highest BCUT2D eigenvalue weighted by Gasteiger charge is 2.10. The normalized spacial score (nSPS) is 11.4. The van der Waals surface area contributed by atoms with Gasteiger partial charge in [0.25, 0.3) is 0 Å². The Morgan fingerprint density at radius 2 is 2.33 bits per heavy atom. The van der Waals surface area contributed by atoms with Gasteiger partial charge in [-0.05, 0) is 6.42 Å². The first kappa shape index (κ1) is 11.8. The van der Waals surface area contributed by atoms with Crippen LogP contribution < -0.4 is 5.73 Å². The van der Waals surface area contributed by atoms with Crippen LogP contribution in [0.2, 0.25) is 0 Å². The van der Waals surface area contributed by atoms with Crippen LogP contribution in [0.5, 0.6) is 0 Å². The van der Waals surface area contributed by atoms with E-state index < -0.39 is 12.0 Å². The van der Waals surface area contributed by atoms with E-state index in [2.05, 4.69) is 4.29 Å². The van der Waals surface area contributed by atoms with Crippen LogP contribution in [-0.2, 0) is 9.08 Å². The molecule has 0 aliphatic heterocycles. The lowest BCUT2D eigenvalue weighted by molar-refractivity contribution is -0.135. The van der Waals surface area contributed by atoms with Crippen molar-refractivity contribution in [2.75, 3.05) is 0 Å². The second-order valence-electron chi connectivity index (χ2n) is 1.41. The van der Waals surface area contributed by atoms with Crippen LogP contribution in [0.1, 0.15) is 13.3 Å². The summed E-state index contributed by atoms with van der Waals surface area (Å²) in [6.07, 6.45) is 0.547. The van der Waals surface area contributed by atoms with Gasteiger partial charge >= 0.3 is 5.97 Å². The van der Waals surface area contributed by atoms with Crippen molar-refractivity contribution < 1.29 is 9.08 Å². The summed E-state index contributed by atoms with van der Waals surface area (Å²) in [7, 11) is 0. The number of rotatable bonds is 2. The van der Waals surface area contributed by atoms with Gasteiger partial charge in [0.1, 0.15) is 17.9 Å². The first-order chi connectivity index (χ1) is 3.72. The fourth-order valence-electron chi connectivity index (χ4n) is 0.224. The van der Waals surface area contributed by atoms with Gasteiger partial charge < -0.3 is 10.0 Å². The molecule has 0 aromatic rings. The summed E-state index contributed by atoms with van der Waals surface area (Å²) in [4.78, 5) is 10.3. The minimum Gasteiger partial charge on any atom is -0.346 e. The maximum Gasteiger partial charge on any atom is 0.341 e. The van der Waals surface area contributed by atoms with Crippen molar-refractivity contribution in [3.05, 3.63) is 0 Å². The Hall–Kier alpha value is 0.01000. The van der Waals surface area contributed by atoms with Crippen LogP contribution in [0.25, 0.3) is 0 Å². The van der Waals surface area contributed by atoms with Crippen LogP contribution in [0.15, 0.2) is 0 Å². The number of hydrogen-bond donors (Lipinski definition) is 1. The van der Waals surface area contributed by atoms with Gasteiger partial charge in [-0.3, -0.25) is 0 Å². The molecule has 56 valence electrons. The monoisotopic (exact) mass is 173 g/mol. The smallest absolute Gasteiger partial charge is 0.341 e. The minimum absolute atomic E-state index is 0. The zero-order valence-corrected chi connectivity index (χ0v) is 6.54. The predicted octanol–water partition coefficient (Wildman–Crippen LogP) is 0.842. The van der Waals surface area contributed by atoms with Crippen molar-refractivity contribution in [3.8, 4) is 0 Å². The molecule has 0 fully saturated rings. The molecular formula is C4H9Cl2NO2. The summed E-state index contributed by atoms with van der Waals surface area (Å²) in [5.41, 5.74) is 5.17.